The van der Waals surface area contributed by atoms with Crippen molar-refractivity contribution in [2.75, 3.05) is 24.5 Å². The summed E-state index contributed by atoms with van der Waals surface area (Å²) in [6.07, 6.45) is 2.32. The molecule has 1 fully saturated rings. The van der Waals surface area contributed by atoms with E-state index < -0.39 is 0 Å². The summed E-state index contributed by atoms with van der Waals surface area (Å²) in [6, 6.07) is 5.74. The highest BCUT2D eigenvalue weighted by atomic mass is 79.9. The minimum Gasteiger partial charge on any atom is -0.339 e. The maximum atomic E-state index is 6.12. The molecule has 0 radical (unpaired) electrons. The van der Waals surface area contributed by atoms with Crippen LogP contribution in [-0.4, -0.2) is 34.8 Å². The summed E-state index contributed by atoms with van der Waals surface area (Å²) in [7, 11) is 0. The Morgan fingerprint density at radius 2 is 2.33 bits per heavy atom. The van der Waals surface area contributed by atoms with Gasteiger partial charge in [-0.1, -0.05) is 11.6 Å². The van der Waals surface area contributed by atoms with Crippen LogP contribution >= 0.6 is 27.5 Å². The van der Waals surface area contributed by atoms with Crippen LogP contribution in [0.1, 0.15) is 12.8 Å². The summed E-state index contributed by atoms with van der Waals surface area (Å²) in [5, 5.41) is 7.98. The van der Waals surface area contributed by atoms with Crippen molar-refractivity contribution in [3.05, 3.63) is 27.7 Å². The van der Waals surface area contributed by atoms with Gasteiger partial charge in [0.15, 0.2) is 5.82 Å². The number of nitrogens with zero attached hydrogens (tertiary/aromatic N) is 3. The fourth-order valence-corrected chi connectivity index (χ4v) is 3.03. The van der Waals surface area contributed by atoms with Crippen molar-refractivity contribution in [3.63, 3.8) is 0 Å². The Balaban J connectivity index is 1.81. The zero-order valence-electron chi connectivity index (χ0n) is 11.5. The summed E-state index contributed by atoms with van der Waals surface area (Å²) in [4.78, 5) is 6.78. The Hall–Kier alpha value is -1.11. The lowest BCUT2D eigenvalue weighted by Gasteiger charge is -2.31. The SMILES string of the molecule is NCC1CCCN(c2n[nH]c(-c3ccc(Br)c(Cl)c3)n2)C1. The summed E-state index contributed by atoms with van der Waals surface area (Å²) in [5.74, 6) is 2.00. The summed E-state index contributed by atoms with van der Waals surface area (Å²) >= 11 is 9.51. The molecular formula is C14H17BrClN5. The first-order chi connectivity index (χ1) is 10.2. The fourth-order valence-electron chi connectivity index (χ4n) is 2.61. The number of nitrogens with one attached hydrogen (secondary N) is 1. The molecule has 0 amide bonds. The summed E-state index contributed by atoms with van der Waals surface area (Å²) < 4.78 is 0.870. The Kier molecular flexibility index (Phi) is 4.47. The molecule has 1 aromatic heterocycles. The molecule has 2 heterocycles. The van der Waals surface area contributed by atoms with E-state index in [1.807, 2.05) is 18.2 Å². The highest BCUT2D eigenvalue weighted by Gasteiger charge is 2.22. The highest BCUT2D eigenvalue weighted by molar-refractivity contribution is 9.10. The number of halogens is 2. The molecule has 7 heteroatoms. The Morgan fingerprint density at radius 1 is 1.48 bits per heavy atom. The molecule has 1 saturated heterocycles. The van der Waals surface area contributed by atoms with Gasteiger partial charge in [0.1, 0.15) is 0 Å². The normalized spacial score (nSPS) is 19.0. The van der Waals surface area contributed by atoms with Crippen molar-refractivity contribution in [1.29, 1.82) is 0 Å². The van der Waals surface area contributed by atoms with E-state index >= 15 is 0 Å². The molecule has 0 saturated carbocycles. The number of benzene rings is 1. The molecule has 112 valence electrons. The molecule has 0 spiro atoms. The smallest absolute Gasteiger partial charge is 0.245 e. The molecule has 2 aromatic rings. The quantitative estimate of drug-likeness (QED) is 0.871. The Morgan fingerprint density at radius 3 is 3.10 bits per heavy atom. The van der Waals surface area contributed by atoms with E-state index in [9.17, 15) is 0 Å². The first-order valence-electron chi connectivity index (χ1n) is 7.00. The van der Waals surface area contributed by atoms with Gasteiger partial charge in [-0.25, -0.2) is 0 Å². The van der Waals surface area contributed by atoms with E-state index in [1.54, 1.807) is 0 Å². The van der Waals surface area contributed by atoms with E-state index in [0.717, 1.165) is 47.9 Å². The predicted octanol–water partition coefficient (Wildman–Crippen LogP) is 3.06. The molecule has 21 heavy (non-hydrogen) atoms. The second-order valence-electron chi connectivity index (χ2n) is 5.30. The van der Waals surface area contributed by atoms with Gasteiger partial charge in [0.05, 0.1) is 5.02 Å². The van der Waals surface area contributed by atoms with E-state index in [4.69, 9.17) is 17.3 Å². The first kappa shape index (κ1) is 14.8. The topological polar surface area (TPSA) is 70.8 Å². The minimum absolute atomic E-state index is 0.530. The first-order valence-corrected chi connectivity index (χ1v) is 8.17. The maximum absolute atomic E-state index is 6.12. The maximum Gasteiger partial charge on any atom is 0.245 e. The van der Waals surface area contributed by atoms with Crippen LogP contribution in [0.2, 0.25) is 5.02 Å². The van der Waals surface area contributed by atoms with Crippen LogP contribution in [0.15, 0.2) is 22.7 Å². The molecule has 0 aliphatic carbocycles. The third kappa shape index (κ3) is 3.22. The van der Waals surface area contributed by atoms with Crippen LogP contribution in [0.5, 0.6) is 0 Å². The average molecular weight is 371 g/mol. The minimum atomic E-state index is 0.530. The van der Waals surface area contributed by atoms with Crippen LogP contribution in [0.4, 0.5) is 5.95 Å². The van der Waals surface area contributed by atoms with Crippen molar-refractivity contribution in [1.82, 2.24) is 15.2 Å². The van der Waals surface area contributed by atoms with Crippen molar-refractivity contribution in [2.24, 2.45) is 11.7 Å². The van der Waals surface area contributed by atoms with Gasteiger partial charge in [0.2, 0.25) is 5.95 Å². The molecule has 1 aliphatic heterocycles. The van der Waals surface area contributed by atoms with E-state index in [-0.39, 0.29) is 0 Å². The zero-order chi connectivity index (χ0) is 14.8. The molecule has 1 aliphatic rings. The van der Waals surface area contributed by atoms with Crippen molar-refractivity contribution in [3.8, 4) is 11.4 Å². The molecule has 3 rings (SSSR count). The van der Waals surface area contributed by atoms with Crippen molar-refractivity contribution < 1.29 is 0 Å². The third-order valence-corrected chi connectivity index (χ3v) is 5.03. The second-order valence-corrected chi connectivity index (χ2v) is 6.56. The molecule has 1 aromatic carbocycles. The molecule has 3 N–H and O–H groups in total. The number of aromatic nitrogens is 3. The van der Waals surface area contributed by atoms with Crippen LogP contribution < -0.4 is 10.6 Å². The lowest BCUT2D eigenvalue weighted by atomic mass is 9.99. The predicted molar refractivity (Wildman–Crippen MR) is 88.5 cm³/mol. The van der Waals surface area contributed by atoms with Gasteiger partial charge in [-0.15, -0.1) is 5.10 Å². The lowest BCUT2D eigenvalue weighted by molar-refractivity contribution is 0.420. The van der Waals surface area contributed by atoms with Crippen molar-refractivity contribution >= 4 is 33.5 Å². The van der Waals surface area contributed by atoms with E-state index in [1.165, 1.54) is 6.42 Å². The Labute approximate surface area is 137 Å². The van der Waals surface area contributed by atoms with Gasteiger partial charge in [-0.3, -0.25) is 5.10 Å². The number of rotatable bonds is 3. The summed E-state index contributed by atoms with van der Waals surface area (Å²) in [5.41, 5.74) is 6.70. The van der Waals surface area contributed by atoms with Gasteiger partial charge >= 0.3 is 0 Å². The Bertz CT molecular complexity index is 630. The van der Waals surface area contributed by atoms with Gasteiger partial charge in [-0.05, 0) is 59.4 Å². The van der Waals surface area contributed by atoms with Gasteiger partial charge in [0, 0.05) is 23.1 Å². The molecule has 5 nitrogen and oxygen atoms in total. The highest BCUT2D eigenvalue weighted by Crippen LogP contribution is 2.28. The number of hydrogen-bond donors (Lipinski definition) is 2. The van der Waals surface area contributed by atoms with Crippen molar-refractivity contribution in [2.45, 2.75) is 12.8 Å². The lowest BCUT2D eigenvalue weighted by Crippen LogP contribution is -2.38. The number of piperidine rings is 1. The molecule has 1 unspecified atom stereocenters. The molecule has 1 atom stereocenters. The fraction of sp³-hybridized carbons (Fsp3) is 0.429. The monoisotopic (exact) mass is 369 g/mol. The van der Waals surface area contributed by atoms with Crippen LogP contribution in [0, 0.1) is 5.92 Å². The van der Waals surface area contributed by atoms with Gasteiger partial charge < -0.3 is 10.6 Å². The van der Waals surface area contributed by atoms with Crippen LogP contribution in [0.3, 0.4) is 0 Å². The number of hydrogen-bond acceptors (Lipinski definition) is 4. The van der Waals surface area contributed by atoms with Crippen LogP contribution in [-0.2, 0) is 0 Å². The number of H-pyrrole nitrogens is 1. The van der Waals surface area contributed by atoms with Crippen LogP contribution in [0.25, 0.3) is 11.4 Å². The standard InChI is InChI=1S/C14H17BrClN5/c15-11-4-3-10(6-12(11)16)13-18-14(20-19-13)21-5-1-2-9(7-17)8-21/h3-4,6,9H,1-2,5,7-8,17H2,(H,18,19,20). The molecule has 0 bridgehead atoms. The average Bonchev–Trinajstić information content (AvgIpc) is 3.00. The zero-order valence-corrected chi connectivity index (χ0v) is 13.9. The van der Waals surface area contributed by atoms with E-state index in [2.05, 4.69) is 36.0 Å². The third-order valence-electron chi connectivity index (χ3n) is 3.80. The second kappa shape index (κ2) is 6.34. The van der Waals surface area contributed by atoms with Gasteiger partial charge in [0.25, 0.3) is 0 Å². The number of nitrogens with two attached hydrogens (primary N) is 1. The van der Waals surface area contributed by atoms with Gasteiger partial charge in [-0.2, -0.15) is 4.98 Å². The largest absolute Gasteiger partial charge is 0.339 e. The molecular weight excluding hydrogens is 354 g/mol. The van der Waals surface area contributed by atoms with E-state index in [0.29, 0.717) is 10.9 Å². The number of anilines is 1. The number of aromatic amines is 1. The summed E-state index contributed by atoms with van der Waals surface area (Å²) in [6.45, 7) is 2.62.